The largest absolute Gasteiger partial charge is 0.494 e. The Morgan fingerprint density at radius 2 is 1.42 bits per heavy atom. The summed E-state index contributed by atoms with van der Waals surface area (Å²) in [5.41, 5.74) is -4.39. The van der Waals surface area contributed by atoms with Gasteiger partial charge in [-0.1, -0.05) is 48.5 Å². The average molecular weight is 774 g/mol. The van der Waals surface area contributed by atoms with Crippen LogP contribution >= 0.6 is 0 Å². The summed E-state index contributed by atoms with van der Waals surface area (Å²) in [7, 11) is 1.22. The van der Waals surface area contributed by atoms with E-state index in [1.807, 2.05) is 4.90 Å². The van der Waals surface area contributed by atoms with Crippen molar-refractivity contribution in [3.8, 4) is 16.9 Å². The molecule has 1 heterocycles. The smallest absolute Gasteiger partial charge is 0.416 e. The molecule has 1 atom stereocenters. The number of methoxy groups -OCH3 is 1. The number of aromatic nitrogens is 2. The first-order valence-electron chi connectivity index (χ1n) is 17.8. The minimum atomic E-state index is -4.99. The number of hydrogen-bond acceptors (Lipinski definition) is 8. The monoisotopic (exact) mass is 773 g/mol. The number of alkyl halides is 3. The molecule has 0 bridgehead atoms. The van der Waals surface area contributed by atoms with Crippen LogP contribution in [0.5, 0.6) is 5.75 Å². The third-order valence-electron chi connectivity index (χ3n) is 9.12. The van der Waals surface area contributed by atoms with Crippen molar-refractivity contribution in [3.05, 3.63) is 122 Å². The molecule has 0 unspecified atom stereocenters. The summed E-state index contributed by atoms with van der Waals surface area (Å²) in [6.45, 7) is 4.14. The summed E-state index contributed by atoms with van der Waals surface area (Å²) in [5, 5.41) is 0. The highest BCUT2D eigenvalue weighted by molar-refractivity contribution is 5.70. The predicted molar refractivity (Wildman–Crippen MR) is 195 cm³/mol. The van der Waals surface area contributed by atoms with E-state index in [1.54, 1.807) is 44.2 Å². The quantitative estimate of drug-likeness (QED) is 0.0781. The number of hydrogen-bond donors (Lipinski definition) is 0. The number of nitrogens with zero attached hydrogens (tertiary/aromatic N) is 3. The molecule has 0 aliphatic carbocycles. The highest BCUT2D eigenvalue weighted by Crippen LogP contribution is 2.34. The van der Waals surface area contributed by atoms with Crippen LogP contribution in [-0.2, 0) is 38.3 Å². The molecular formula is C40H44F5N3O7. The van der Waals surface area contributed by atoms with Gasteiger partial charge in [-0.15, -0.1) is 0 Å². The van der Waals surface area contributed by atoms with Crippen LogP contribution in [0, 0.1) is 18.6 Å². The molecule has 0 saturated carbocycles. The molecule has 3 aromatic carbocycles. The van der Waals surface area contributed by atoms with Gasteiger partial charge in [-0.3, -0.25) is 28.4 Å². The van der Waals surface area contributed by atoms with Crippen LogP contribution in [0.2, 0.25) is 0 Å². The zero-order chi connectivity index (χ0) is 40.3. The highest BCUT2D eigenvalue weighted by Gasteiger charge is 2.35. The van der Waals surface area contributed by atoms with Crippen molar-refractivity contribution in [1.82, 2.24) is 14.0 Å². The van der Waals surface area contributed by atoms with Crippen molar-refractivity contribution < 1.29 is 45.8 Å². The van der Waals surface area contributed by atoms with Gasteiger partial charge in [0, 0.05) is 29.7 Å². The minimum absolute atomic E-state index is 0.0461. The van der Waals surface area contributed by atoms with E-state index in [0.717, 1.165) is 21.3 Å². The van der Waals surface area contributed by atoms with E-state index in [9.17, 15) is 32.3 Å². The SMILES string of the molecule is CCOC(=O)CCCN(CCCC(=O)OCC)[C@H](Cn1c(=O)c(-c2cccc(OC)c2F)c(C)n(Cc2c(F)cccc2C(F)(F)F)c1=O)c1ccccc1. The maximum atomic E-state index is 15.9. The van der Waals surface area contributed by atoms with E-state index in [2.05, 4.69) is 0 Å². The molecule has 15 heteroatoms. The Balaban J connectivity index is 1.96. The zero-order valence-corrected chi connectivity index (χ0v) is 31.1. The number of halogens is 5. The van der Waals surface area contributed by atoms with Crippen molar-refractivity contribution in [1.29, 1.82) is 0 Å². The number of benzene rings is 3. The fourth-order valence-electron chi connectivity index (χ4n) is 6.49. The normalized spacial score (nSPS) is 12.1. The van der Waals surface area contributed by atoms with Crippen LogP contribution in [-0.4, -0.2) is 59.4 Å². The molecule has 0 radical (unpaired) electrons. The lowest BCUT2D eigenvalue weighted by atomic mass is 10.0. The van der Waals surface area contributed by atoms with Crippen LogP contribution in [0.4, 0.5) is 22.0 Å². The van der Waals surface area contributed by atoms with Crippen molar-refractivity contribution in [2.24, 2.45) is 0 Å². The first kappa shape index (κ1) is 42.4. The predicted octanol–water partition coefficient (Wildman–Crippen LogP) is 7.07. The van der Waals surface area contributed by atoms with Crippen molar-refractivity contribution >= 4 is 11.9 Å². The molecule has 55 heavy (non-hydrogen) atoms. The molecule has 0 saturated heterocycles. The number of carbonyl (C=O) groups is 2. The molecule has 0 aliphatic heterocycles. The molecule has 4 rings (SSSR count). The maximum absolute atomic E-state index is 15.9. The average Bonchev–Trinajstić information content (AvgIpc) is 3.14. The molecule has 0 spiro atoms. The Bertz CT molecular complexity index is 2040. The van der Waals surface area contributed by atoms with Gasteiger partial charge in [0.1, 0.15) is 5.82 Å². The van der Waals surface area contributed by atoms with Crippen LogP contribution in [0.1, 0.15) is 68.0 Å². The number of carbonyl (C=O) groups excluding carboxylic acids is 2. The van der Waals surface area contributed by atoms with Gasteiger partial charge in [0.15, 0.2) is 11.6 Å². The van der Waals surface area contributed by atoms with E-state index >= 15 is 8.78 Å². The second-order valence-electron chi connectivity index (χ2n) is 12.6. The lowest BCUT2D eigenvalue weighted by molar-refractivity contribution is -0.144. The van der Waals surface area contributed by atoms with Crippen molar-refractivity contribution in [2.75, 3.05) is 33.4 Å². The third kappa shape index (κ3) is 10.5. The number of rotatable bonds is 18. The van der Waals surface area contributed by atoms with E-state index in [1.165, 1.54) is 32.2 Å². The standard InChI is InChI=1S/C40H44F5N3O7/c1-5-54-34(49)20-12-22-46(23-13-21-35(50)55-6-2)32(27-14-8-7-9-15-27)25-48-38(51)36(28-16-10-19-33(53-4)37(28)42)26(3)47(39(48)52)24-29-30(40(43,44)45)17-11-18-31(29)41/h7-11,14-19,32H,5-6,12-13,20-25H2,1-4H3/t32-/m1/s1. The molecule has 0 N–H and O–H groups in total. The third-order valence-corrected chi connectivity index (χ3v) is 9.12. The summed E-state index contributed by atoms with van der Waals surface area (Å²) < 4.78 is 90.6. The lowest BCUT2D eigenvalue weighted by Gasteiger charge is -2.33. The molecule has 0 fully saturated rings. The van der Waals surface area contributed by atoms with E-state index in [-0.39, 0.29) is 61.7 Å². The lowest BCUT2D eigenvalue weighted by Crippen LogP contribution is -2.46. The Morgan fingerprint density at radius 3 is 1.98 bits per heavy atom. The fourth-order valence-corrected chi connectivity index (χ4v) is 6.49. The summed E-state index contributed by atoms with van der Waals surface area (Å²) in [4.78, 5) is 55.4. The van der Waals surface area contributed by atoms with Crippen LogP contribution in [0.25, 0.3) is 11.1 Å². The number of esters is 2. The molecule has 0 aliphatic rings. The number of ether oxygens (including phenoxy) is 3. The van der Waals surface area contributed by atoms with E-state index < -0.39 is 71.3 Å². The van der Waals surface area contributed by atoms with Gasteiger partial charge < -0.3 is 14.2 Å². The summed E-state index contributed by atoms with van der Waals surface area (Å²) in [6, 6.07) is 14.4. The molecule has 4 aromatic rings. The molecule has 0 amide bonds. The van der Waals surface area contributed by atoms with Gasteiger partial charge in [0.2, 0.25) is 0 Å². The zero-order valence-electron chi connectivity index (χ0n) is 31.1. The second-order valence-corrected chi connectivity index (χ2v) is 12.6. The topological polar surface area (TPSA) is 109 Å². The van der Waals surface area contributed by atoms with Gasteiger partial charge in [-0.25, -0.2) is 13.6 Å². The highest BCUT2D eigenvalue weighted by atomic mass is 19.4. The van der Waals surface area contributed by atoms with Gasteiger partial charge in [0.05, 0.1) is 50.6 Å². The summed E-state index contributed by atoms with van der Waals surface area (Å²) in [6.07, 6.45) is -4.31. The van der Waals surface area contributed by atoms with Crippen LogP contribution in [0.15, 0.2) is 76.3 Å². The summed E-state index contributed by atoms with van der Waals surface area (Å²) >= 11 is 0. The van der Waals surface area contributed by atoms with Crippen molar-refractivity contribution in [3.63, 3.8) is 0 Å². The Kier molecular flexibility index (Phi) is 14.9. The van der Waals surface area contributed by atoms with Gasteiger partial charge in [-0.2, -0.15) is 13.2 Å². The Labute approximate surface area is 315 Å². The van der Waals surface area contributed by atoms with Gasteiger partial charge >= 0.3 is 23.8 Å². The van der Waals surface area contributed by atoms with Crippen LogP contribution in [0.3, 0.4) is 0 Å². The Hall–Kier alpha value is -5.31. The fraction of sp³-hybridized carbons (Fsp3) is 0.400. The molecule has 1 aromatic heterocycles. The summed E-state index contributed by atoms with van der Waals surface area (Å²) in [5.74, 6) is -3.28. The molecule has 10 nitrogen and oxygen atoms in total. The maximum Gasteiger partial charge on any atom is 0.416 e. The van der Waals surface area contributed by atoms with Crippen molar-refractivity contribution in [2.45, 2.75) is 71.8 Å². The van der Waals surface area contributed by atoms with Gasteiger partial charge in [-0.05, 0) is 70.5 Å². The van der Waals surface area contributed by atoms with E-state index in [0.29, 0.717) is 24.5 Å². The minimum Gasteiger partial charge on any atom is -0.494 e. The van der Waals surface area contributed by atoms with Gasteiger partial charge in [0.25, 0.3) is 5.56 Å². The first-order valence-corrected chi connectivity index (χ1v) is 17.8. The molecule has 296 valence electrons. The Morgan fingerprint density at radius 1 is 0.818 bits per heavy atom. The van der Waals surface area contributed by atoms with Crippen LogP contribution < -0.4 is 16.0 Å². The van der Waals surface area contributed by atoms with E-state index in [4.69, 9.17) is 14.2 Å². The molecular weight excluding hydrogens is 729 g/mol. The first-order chi connectivity index (χ1) is 26.2. The second kappa shape index (κ2) is 19.3.